The van der Waals surface area contributed by atoms with Gasteiger partial charge in [-0.25, -0.2) is 18.0 Å². The molecule has 0 aliphatic heterocycles. The Kier molecular flexibility index (Phi) is 6.42. The predicted molar refractivity (Wildman–Crippen MR) is 89.6 cm³/mol. The van der Waals surface area contributed by atoms with Crippen LogP contribution in [-0.2, 0) is 14.3 Å². The summed E-state index contributed by atoms with van der Waals surface area (Å²) in [4.78, 5) is 23.2. The van der Waals surface area contributed by atoms with E-state index in [0.29, 0.717) is 11.6 Å². The number of carbonyl (C=O) groups excluding carboxylic acids is 2. The molecule has 2 aromatic rings. The number of esters is 1. The van der Waals surface area contributed by atoms with Gasteiger partial charge in [-0.1, -0.05) is 6.07 Å². The van der Waals surface area contributed by atoms with Crippen LogP contribution < -0.4 is 10.1 Å². The average molecular weight is 381 g/mol. The van der Waals surface area contributed by atoms with Crippen LogP contribution in [0.3, 0.4) is 0 Å². The van der Waals surface area contributed by atoms with E-state index in [4.69, 9.17) is 4.74 Å². The van der Waals surface area contributed by atoms with Crippen molar-refractivity contribution in [2.75, 3.05) is 19.0 Å². The van der Waals surface area contributed by atoms with Gasteiger partial charge in [0.25, 0.3) is 5.91 Å². The summed E-state index contributed by atoms with van der Waals surface area (Å²) in [6, 6.07) is 5.84. The molecule has 0 saturated heterocycles. The predicted octanol–water partition coefficient (Wildman–Crippen LogP) is 3.01. The smallest absolute Gasteiger partial charge is 0.331 e. The molecule has 2 aromatic carbocycles. The number of hydrogen-bond donors (Lipinski definition) is 2. The molecular formula is C18H14F3NO5. The van der Waals surface area contributed by atoms with Gasteiger partial charge in [-0.05, 0) is 35.9 Å². The summed E-state index contributed by atoms with van der Waals surface area (Å²) in [6.07, 6.45) is 2.38. The number of halogens is 3. The Hall–Kier alpha value is -3.49. The normalized spacial score (nSPS) is 10.7. The van der Waals surface area contributed by atoms with Gasteiger partial charge in [0, 0.05) is 6.08 Å². The van der Waals surface area contributed by atoms with Crippen LogP contribution in [0, 0.1) is 17.5 Å². The lowest BCUT2D eigenvalue weighted by Crippen LogP contribution is -2.21. The Morgan fingerprint density at radius 2 is 1.89 bits per heavy atom. The molecule has 142 valence electrons. The highest BCUT2D eigenvalue weighted by Gasteiger charge is 2.15. The zero-order valence-electron chi connectivity index (χ0n) is 14.0. The van der Waals surface area contributed by atoms with Crippen molar-refractivity contribution < 1.29 is 37.3 Å². The van der Waals surface area contributed by atoms with Gasteiger partial charge in [-0.2, -0.15) is 0 Å². The summed E-state index contributed by atoms with van der Waals surface area (Å²) in [7, 11) is 1.37. The van der Waals surface area contributed by atoms with Crippen LogP contribution in [0.25, 0.3) is 6.08 Å². The molecule has 2 rings (SSSR count). The molecule has 0 bridgehead atoms. The minimum absolute atomic E-state index is 0.0710. The highest BCUT2D eigenvalue weighted by atomic mass is 19.2. The lowest BCUT2D eigenvalue weighted by atomic mass is 10.2. The highest BCUT2D eigenvalue weighted by molar-refractivity contribution is 5.94. The Morgan fingerprint density at radius 3 is 2.59 bits per heavy atom. The lowest BCUT2D eigenvalue weighted by Gasteiger charge is -2.07. The third-order valence-electron chi connectivity index (χ3n) is 3.27. The van der Waals surface area contributed by atoms with Gasteiger partial charge in [0.2, 0.25) is 0 Å². The molecule has 0 saturated carbocycles. The number of carbonyl (C=O) groups is 2. The summed E-state index contributed by atoms with van der Waals surface area (Å²) >= 11 is 0. The number of rotatable bonds is 6. The number of aromatic hydroxyl groups is 1. The Bertz CT molecular complexity index is 899. The standard InChI is InChI=1S/C18H14F3NO5/c1-26-14-8-10(2-6-13(14)23)3-7-16(25)27-9-15(24)22-12-5-4-11(19)17(20)18(12)21/h2-8,23H,9H2,1H3,(H,22,24)/b7-3+. The average Bonchev–Trinajstić information content (AvgIpc) is 2.66. The van der Waals surface area contributed by atoms with Crippen molar-refractivity contribution in [2.24, 2.45) is 0 Å². The Balaban J connectivity index is 1.90. The first-order valence-corrected chi connectivity index (χ1v) is 7.47. The van der Waals surface area contributed by atoms with Crippen LogP contribution in [0.1, 0.15) is 5.56 Å². The molecule has 0 heterocycles. The van der Waals surface area contributed by atoms with E-state index in [9.17, 15) is 27.9 Å². The first-order valence-electron chi connectivity index (χ1n) is 7.47. The fourth-order valence-electron chi connectivity index (χ4n) is 1.96. The molecule has 6 nitrogen and oxygen atoms in total. The third kappa shape index (κ3) is 5.24. The Morgan fingerprint density at radius 1 is 1.15 bits per heavy atom. The molecule has 0 fully saturated rings. The number of hydrogen-bond acceptors (Lipinski definition) is 5. The van der Waals surface area contributed by atoms with Gasteiger partial charge in [0.05, 0.1) is 12.8 Å². The van der Waals surface area contributed by atoms with E-state index in [1.807, 2.05) is 5.32 Å². The number of phenolic OH excluding ortho intramolecular Hbond substituents is 1. The number of benzene rings is 2. The number of ether oxygens (including phenoxy) is 2. The van der Waals surface area contributed by atoms with Crippen molar-refractivity contribution in [1.82, 2.24) is 0 Å². The highest BCUT2D eigenvalue weighted by Crippen LogP contribution is 2.26. The van der Waals surface area contributed by atoms with Crippen molar-refractivity contribution in [3.05, 3.63) is 59.4 Å². The lowest BCUT2D eigenvalue weighted by molar-refractivity contribution is -0.142. The molecule has 0 aromatic heterocycles. The summed E-state index contributed by atoms with van der Waals surface area (Å²) < 4.78 is 48.9. The van der Waals surface area contributed by atoms with Crippen LogP contribution in [-0.4, -0.2) is 30.7 Å². The molecule has 0 radical (unpaired) electrons. The monoisotopic (exact) mass is 381 g/mol. The maximum atomic E-state index is 13.4. The SMILES string of the molecule is COc1cc(/C=C/C(=O)OCC(=O)Nc2ccc(F)c(F)c2F)ccc1O. The van der Waals surface area contributed by atoms with E-state index in [1.54, 1.807) is 0 Å². The summed E-state index contributed by atoms with van der Waals surface area (Å²) in [5.41, 5.74) is -0.0587. The van der Waals surface area contributed by atoms with Gasteiger partial charge in [0.1, 0.15) is 0 Å². The minimum Gasteiger partial charge on any atom is -0.504 e. The van der Waals surface area contributed by atoms with Crippen LogP contribution in [0.15, 0.2) is 36.4 Å². The number of anilines is 1. The summed E-state index contributed by atoms with van der Waals surface area (Å²) in [5, 5.41) is 11.4. The van der Waals surface area contributed by atoms with Crippen LogP contribution in [0.2, 0.25) is 0 Å². The van der Waals surface area contributed by atoms with E-state index >= 15 is 0 Å². The zero-order chi connectivity index (χ0) is 20.0. The Labute approximate surface area is 151 Å². The van der Waals surface area contributed by atoms with Crippen molar-refractivity contribution in [3.8, 4) is 11.5 Å². The van der Waals surface area contributed by atoms with Crippen LogP contribution in [0.5, 0.6) is 11.5 Å². The summed E-state index contributed by atoms with van der Waals surface area (Å²) in [5.74, 6) is -6.35. The second-order valence-corrected chi connectivity index (χ2v) is 5.14. The number of phenols is 1. The van der Waals surface area contributed by atoms with E-state index in [2.05, 4.69) is 4.74 Å². The molecule has 0 unspecified atom stereocenters. The van der Waals surface area contributed by atoms with Gasteiger partial charge in [-0.15, -0.1) is 0 Å². The second-order valence-electron chi connectivity index (χ2n) is 5.14. The minimum atomic E-state index is -1.72. The zero-order valence-corrected chi connectivity index (χ0v) is 14.0. The van der Waals surface area contributed by atoms with Crippen LogP contribution >= 0.6 is 0 Å². The van der Waals surface area contributed by atoms with E-state index in [0.717, 1.165) is 12.1 Å². The number of amides is 1. The number of nitrogens with one attached hydrogen (secondary N) is 1. The van der Waals surface area contributed by atoms with Gasteiger partial charge in [0.15, 0.2) is 35.6 Å². The van der Waals surface area contributed by atoms with Gasteiger partial charge >= 0.3 is 5.97 Å². The molecule has 9 heteroatoms. The largest absolute Gasteiger partial charge is 0.504 e. The maximum absolute atomic E-state index is 13.4. The van der Waals surface area contributed by atoms with Gasteiger partial charge in [-0.3, -0.25) is 4.79 Å². The number of methoxy groups -OCH3 is 1. The fourth-order valence-corrected chi connectivity index (χ4v) is 1.96. The van der Waals surface area contributed by atoms with E-state index in [-0.39, 0.29) is 11.5 Å². The van der Waals surface area contributed by atoms with Crippen molar-refractivity contribution in [2.45, 2.75) is 0 Å². The van der Waals surface area contributed by atoms with Crippen molar-refractivity contribution >= 4 is 23.6 Å². The molecule has 27 heavy (non-hydrogen) atoms. The third-order valence-corrected chi connectivity index (χ3v) is 3.27. The molecule has 0 atom stereocenters. The topological polar surface area (TPSA) is 84.9 Å². The molecule has 0 spiro atoms. The quantitative estimate of drug-likeness (QED) is 0.457. The van der Waals surface area contributed by atoms with E-state index in [1.165, 1.54) is 31.4 Å². The molecule has 0 aliphatic carbocycles. The maximum Gasteiger partial charge on any atom is 0.331 e. The molecular weight excluding hydrogens is 367 g/mol. The molecule has 1 amide bonds. The van der Waals surface area contributed by atoms with Crippen LogP contribution in [0.4, 0.5) is 18.9 Å². The first-order chi connectivity index (χ1) is 12.8. The summed E-state index contributed by atoms with van der Waals surface area (Å²) in [6.45, 7) is -0.763. The van der Waals surface area contributed by atoms with Gasteiger partial charge < -0.3 is 19.9 Å². The molecule has 0 aliphatic rings. The van der Waals surface area contributed by atoms with E-state index < -0.39 is 41.6 Å². The first kappa shape index (κ1) is 19.8. The fraction of sp³-hybridized carbons (Fsp3) is 0.111. The van der Waals surface area contributed by atoms with Crippen molar-refractivity contribution in [1.29, 1.82) is 0 Å². The second kappa shape index (κ2) is 8.75. The van der Waals surface area contributed by atoms with Crippen molar-refractivity contribution in [3.63, 3.8) is 0 Å². The molecule has 2 N–H and O–H groups in total.